The number of aromatic nitrogens is 2. The zero-order chi connectivity index (χ0) is 28.8. The molecule has 1 unspecified atom stereocenters. The van der Waals surface area contributed by atoms with Gasteiger partial charge in [-0.3, -0.25) is 14.2 Å². The highest BCUT2D eigenvalue weighted by atomic mass is 16.5. The Balaban J connectivity index is 1.67. The average molecular weight is 546 g/mol. The maximum absolute atomic E-state index is 14.6. The van der Waals surface area contributed by atoms with Crippen LogP contribution in [0.15, 0.2) is 114 Å². The second kappa shape index (κ2) is 12.6. The van der Waals surface area contributed by atoms with Crippen LogP contribution in [0.5, 0.6) is 5.75 Å². The maximum Gasteiger partial charge on any atom is 0.266 e. The normalized spacial score (nSPS) is 11.9. The Hall–Kier alpha value is -4.71. The van der Waals surface area contributed by atoms with E-state index in [0.29, 0.717) is 34.7 Å². The van der Waals surface area contributed by atoms with Gasteiger partial charge >= 0.3 is 0 Å². The van der Waals surface area contributed by atoms with Crippen LogP contribution < -0.4 is 10.3 Å². The Kier molecular flexibility index (Phi) is 8.59. The molecule has 0 radical (unpaired) electrons. The van der Waals surface area contributed by atoms with E-state index in [0.717, 1.165) is 24.0 Å². The number of unbranched alkanes of at least 4 members (excludes halogenated alkanes) is 1. The highest BCUT2D eigenvalue weighted by Gasteiger charge is 2.33. The molecule has 4 aromatic carbocycles. The minimum Gasteiger partial charge on any atom is -0.497 e. The summed E-state index contributed by atoms with van der Waals surface area (Å²) in [5.41, 5.74) is 2.96. The van der Waals surface area contributed by atoms with Gasteiger partial charge in [-0.25, -0.2) is 4.98 Å². The molecule has 0 aliphatic heterocycles. The molecular formula is C35H35N3O3. The highest BCUT2D eigenvalue weighted by molar-refractivity contribution is 5.87. The van der Waals surface area contributed by atoms with Gasteiger partial charge in [0.05, 0.1) is 35.7 Å². The highest BCUT2D eigenvalue weighted by Crippen LogP contribution is 2.32. The van der Waals surface area contributed by atoms with Crippen molar-refractivity contribution in [2.45, 2.75) is 38.6 Å². The van der Waals surface area contributed by atoms with Gasteiger partial charge in [0.15, 0.2) is 0 Å². The van der Waals surface area contributed by atoms with Crippen molar-refractivity contribution in [1.82, 2.24) is 14.5 Å². The zero-order valence-corrected chi connectivity index (χ0v) is 23.7. The number of benzene rings is 4. The fourth-order valence-electron chi connectivity index (χ4n) is 5.31. The van der Waals surface area contributed by atoms with Gasteiger partial charge in [-0.2, -0.15) is 0 Å². The van der Waals surface area contributed by atoms with E-state index in [1.54, 1.807) is 17.7 Å². The number of hydrogen-bond donors (Lipinski definition) is 0. The summed E-state index contributed by atoms with van der Waals surface area (Å²) in [6.45, 7) is 4.62. The fraction of sp³-hybridized carbons (Fsp3) is 0.229. The molecule has 5 aromatic rings. The van der Waals surface area contributed by atoms with E-state index < -0.39 is 12.0 Å². The lowest BCUT2D eigenvalue weighted by Crippen LogP contribution is -2.40. The number of methoxy groups -OCH3 is 1. The number of ether oxygens (including phenoxy) is 1. The zero-order valence-electron chi connectivity index (χ0n) is 23.7. The van der Waals surface area contributed by atoms with Crippen LogP contribution in [0, 0.1) is 0 Å². The summed E-state index contributed by atoms with van der Waals surface area (Å²) in [5.74, 6) is 0.701. The monoisotopic (exact) mass is 545 g/mol. The first-order valence-electron chi connectivity index (χ1n) is 14.1. The maximum atomic E-state index is 14.6. The molecule has 0 saturated carbocycles. The predicted octanol–water partition coefficient (Wildman–Crippen LogP) is 6.92. The third-order valence-corrected chi connectivity index (χ3v) is 7.52. The van der Waals surface area contributed by atoms with Gasteiger partial charge < -0.3 is 9.64 Å². The summed E-state index contributed by atoms with van der Waals surface area (Å²) in [7, 11) is 1.61. The standard InChI is InChI=1S/C35H35N3O3/c1-4-5-24-37(35(40)32(26-14-8-6-9-15-26)27-16-10-7-11-17-27)25(2)33-36-31-19-13-12-18-30(31)34(39)38(33)28-20-22-29(41-3)23-21-28/h6-23,25,32H,4-5,24H2,1-3H3. The molecular weight excluding hydrogens is 510 g/mol. The van der Waals surface area contributed by atoms with Crippen LogP contribution in [0.3, 0.4) is 0 Å². The summed E-state index contributed by atoms with van der Waals surface area (Å²) in [6.07, 6.45) is 1.75. The van der Waals surface area contributed by atoms with Crippen LogP contribution in [0.25, 0.3) is 16.6 Å². The van der Waals surface area contributed by atoms with Crippen molar-refractivity contribution in [3.05, 3.63) is 136 Å². The van der Waals surface area contributed by atoms with Gasteiger partial charge in [0.2, 0.25) is 5.91 Å². The molecule has 1 atom stereocenters. The Morgan fingerprint density at radius 2 is 1.44 bits per heavy atom. The van der Waals surface area contributed by atoms with Gasteiger partial charge in [0.1, 0.15) is 11.6 Å². The second-order valence-corrected chi connectivity index (χ2v) is 10.1. The Bertz CT molecular complexity index is 1630. The first-order chi connectivity index (χ1) is 20.0. The second-order valence-electron chi connectivity index (χ2n) is 10.1. The topological polar surface area (TPSA) is 64.4 Å². The van der Waals surface area contributed by atoms with Crippen LogP contribution in [0.1, 0.15) is 55.6 Å². The predicted molar refractivity (Wildman–Crippen MR) is 164 cm³/mol. The molecule has 0 spiro atoms. The number of carbonyl (C=O) groups is 1. The van der Waals surface area contributed by atoms with E-state index in [4.69, 9.17) is 9.72 Å². The smallest absolute Gasteiger partial charge is 0.266 e. The molecule has 0 fully saturated rings. The van der Waals surface area contributed by atoms with E-state index >= 15 is 0 Å². The molecule has 0 aliphatic carbocycles. The van der Waals surface area contributed by atoms with Crippen molar-refractivity contribution < 1.29 is 9.53 Å². The molecule has 0 aliphatic rings. The van der Waals surface area contributed by atoms with Gasteiger partial charge in [-0.05, 0) is 60.9 Å². The quantitative estimate of drug-likeness (QED) is 0.191. The van der Waals surface area contributed by atoms with E-state index in [1.807, 2.05) is 115 Å². The molecule has 1 amide bonds. The van der Waals surface area contributed by atoms with Crippen molar-refractivity contribution in [2.24, 2.45) is 0 Å². The number of amides is 1. The lowest BCUT2D eigenvalue weighted by Gasteiger charge is -2.34. The number of para-hydroxylation sites is 1. The van der Waals surface area contributed by atoms with E-state index in [-0.39, 0.29) is 11.5 Å². The van der Waals surface area contributed by atoms with Gasteiger partial charge in [0, 0.05) is 6.54 Å². The Labute approximate surface area is 240 Å². The fourth-order valence-corrected chi connectivity index (χ4v) is 5.31. The summed E-state index contributed by atoms with van der Waals surface area (Å²) in [4.78, 5) is 35.5. The molecule has 0 bridgehead atoms. The number of hydrogen-bond acceptors (Lipinski definition) is 4. The number of carbonyl (C=O) groups excluding carboxylic acids is 1. The molecule has 41 heavy (non-hydrogen) atoms. The van der Waals surface area contributed by atoms with Crippen LogP contribution >= 0.6 is 0 Å². The van der Waals surface area contributed by atoms with Gasteiger partial charge in [0.25, 0.3) is 5.56 Å². The van der Waals surface area contributed by atoms with Crippen LogP contribution in [0.2, 0.25) is 0 Å². The SMILES string of the molecule is CCCCN(C(=O)C(c1ccccc1)c1ccccc1)C(C)c1nc2ccccc2c(=O)n1-c1ccc(OC)cc1. The summed E-state index contributed by atoms with van der Waals surface area (Å²) in [6, 6.07) is 34.0. The number of fused-ring (bicyclic) bond motifs is 1. The minimum atomic E-state index is -0.488. The largest absolute Gasteiger partial charge is 0.497 e. The van der Waals surface area contributed by atoms with Crippen molar-refractivity contribution in [3.8, 4) is 11.4 Å². The summed E-state index contributed by atoms with van der Waals surface area (Å²) in [5, 5.41) is 0.525. The number of rotatable bonds is 10. The molecule has 1 heterocycles. The van der Waals surface area contributed by atoms with Gasteiger partial charge in [-0.1, -0.05) is 86.1 Å². The van der Waals surface area contributed by atoms with Crippen molar-refractivity contribution in [1.29, 1.82) is 0 Å². The molecule has 6 nitrogen and oxygen atoms in total. The molecule has 208 valence electrons. The Morgan fingerprint density at radius 3 is 2.02 bits per heavy atom. The lowest BCUT2D eigenvalue weighted by molar-refractivity contribution is -0.134. The summed E-state index contributed by atoms with van der Waals surface area (Å²) < 4.78 is 6.99. The van der Waals surface area contributed by atoms with Crippen LogP contribution in [0.4, 0.5) is 0 Å². The lowest BCUT2D eigenvalue weighted by atomic mass is 9.89. The van der Waals surface area contributed by atoms with Crippen molar-refractivity contribution in [3.63, 3.8) is 0 Å². The third kappa shape index (κ3) is 5.78. The van der Waals surface area contributed by atoms with E-state index in [9.17, 15) is 9.59 Å². The summed E-state index contributed by atoms with van der Waals surface area (Å²) >= 11 is 0. The first-order valence-corrected chi connectivity index (χ1v) is 14.1. The third-order valence-electron chi connectivity index (χ3n) is 7.52. The molecule has 5 rings (SSSR count). The molecule has 6 heteroatoms. The van der Waals surface area contributed by atoms with E-state index in [1.165, 1.54) is 0 Å². The van der Waals surface area contributed by atoms with Crippen molar-refractivity contribution >= 4 is 16.8 Å². The first kappa shape index (κ1) is 27.8. The average Bonchev–Trinajstić information content (AvgIpc) is 3.02. The van der Waals surface area contributed by atoms with Crippen molar-refractivity contribution in [2.75, 3.05) is 13.7 Å². The van der Waals surface area contributed by atoms with Crippen LogP contribution in [-0.4, -0.2) is 34.0 Å². The minimum absolute atomic E-state index is 0.0213. The van der Waals surface area contributed by atoms with Gasteiger partial charge in [-0.15, -0.1) is 0 Å². The molecule has 0 N–H and O–H groups in total. The molecule has 0 saturated heterocycles. The van der Waals surface area contributed by atoms with Crippen LogP contribution in [-0.2, 0) is 4.79 Å². The molecule has 1 aromatic heterocycles. The number of nitrogens with zero attached hydrogens (tertiary/aromatic N) is 3. The Morgan fingerprint density at radius 1 is 0.854 bits per heavy atom. The van der Waals surface area contributed by atoms with E-state index in [2.05, 4.69) is 6.92 Å².